The van der Waals surface area contributed by atoms with Crippen LogP contribution in [0.25, 0.3) is 0 Å². The zero-order valence-electron chi connectivity index (χ0n) is 11.0. The quantitative estimate of drug-likeness (QED) is 0.485. The first-order chi connectivity index (χ1) is 8.10. The lowest BCUT2D eigenvalue weighted by Gasteiger charge is -2.34. The minimum Gasteiger partial charge on any atom is -0.402 e. The Hall–Kier alpha value is -1.29. The van der Waals surface area contributed by atoms with E-state index in [1.165, 1.54) is 11.9 Å². The fourth-order valence-corrected chi connectivity index (χ4v) is 2.04. The largest absolute Gasteiger partial charge is 0.402 e. The molecule has 0 fully saturated rings. The van der Waals surface area contributed by atoms with Gasteiger partial charge in [-0.1, -0.05) is 13.8 Å². The summed E-state index contributed by atoms with van der Waals surface area (Å²) in [4.78, 5) is 2.22. The van der Waals surface area contributed by atoms with E-state index in [0.717, 1.165) is 25.1 Å². The monoisotopic (exact) mass is 236 g/mol. The van der Waals surface area contributed by atoms with E-state index in [4.69, 9.17) is 11.1 Å². The van der Waals surface area contributed by atoms with Gasteiger partial charge in [0.2, 0.25) is 0 Å². The lowest BCUT2D eigenvalue weighted by atomic mass is 9.96. The van der Waals surface area contributed by atoms with E-state index in [2.05, 4.69) is 37.2 Å². The van der Waals surface area contributed by atoms with E-state index in [1.54, 1.807) is 0 Å². The maximum absolute atomic E-state index is 7.25. The van der Waals surface area contributed by atoms with Crippen molar-refractivity contribution < 1.29 is 0 Å². The van der Waals surface area contributed by atoms with Gasteiger partial charge in [0, 0.05) is 30.8 Å². The van der Waals surface area contributed by atoms with Gasteiger partial charge in [-0.3, -0.25) is 5.32 Å². The number of nitrogens with zero attached hydrogens (tertiary/aromatic N) is 1. The number of nitrogens with one attached hydrogen (secondary N) is 2. The Morgan fingerprint density at radius 1 is 1.65 bits per heavy atom. The molecule has 0 amide bonds. The molecule has 0 aromatic rings. The summed E-state index contributed by atoms with van der Waals surface area (Å²) in [5.74, 6) is 0.403. The SMILES string of the molecule is CCNC(CC=N)N(C)C1=CC=C(N)[C@@H](C)C1. The highest BCUT2D eigenvalue weighted by Gasteiger charge is 2.19. The van der Waals surface area contributed by atoms with Crippen LogP contribution < -0.4 is 11.1 Å². The number of hydrogen-bond donors (Lipinski definition) is 3. The van der Waals surface area contributed by atoms with Gasteiger partial charge in [-0.05, 0) is 31.3 Å². The molecule has 17 heavy (non-hydrogen) atoms. The van der Waals surface area contributed by atoms with Crippen LogP contribution in [-0.4, -0.2) is 30.9 Å². The molecule has 0 radical (unpaired) electrons. The molecule has 0 bridgehead atoms. The fourth-order valence-electron chi connectivity index (χ4n) is 2.04. The minimum atomic E-state index is 0.198. The number of hydrogen-bond acceptors (Lipinski definition) is 4. The van der Waals surface area contributed by atoms with Crippen LogP contribution in [0.2, 0.25) is 0 Å². The van der Waals surface area contributed by atoms with Gasteiger partial charge in [0.25, 0.3) is 0 Å². The molecule has 0 heterocycles. The molecule has 2 atom stereocenters. The van der Waals surface area contributed by atoms with Crippen molar-refractivity contribution in [1.82, 2.24) is 10.2 Å². The molecule has 1 aliphatic carbocycles. The minimum absolute atomic E-state index is 0.198. The Labute approximate surface area is 104 Å². The fraction of sp³-hybridized carbons (Fsp3) is 0.615. The van der Waals surface area contributed by atoms with E-state index >= 15 is 0 Å². The second-order valence-corrected chi connectivity index (χ2v) is 4.55. The van der Waals surface area contributed by atoms with E-state index < -0.39 is 0 Å². The molecule has 4 nitrogen and oxygen atoms in total. The van der Waals surface area contributed by atoms with Crippen LogP contribution in [0.3, 0.4) is 0 Å². The summed E-state index contributed by atoms with van der Waals surface area (Å²) in [6.45, 7) is 5.13. The summed E-state index contributed by atoms with van der Waals surface area (Å²) in [5, 5.41) is 10.6. The second kappa shape index (κ2) is 6.45. The van der Waals surface area contributed by atoms with Crippen LogP contribution in [0.5, 0.6) is 0 Å². The second-order valence-electron chi connectivity index (χ2n) is 4.55. The summed E-state index contributed by atoms with van der Waals surface area (Å²) in [7, 11) is 2.07. The first-order valence-corrected chi connectivity index (χ1v) is 6.21. The van der Waals surface area contributed by atoms with Gasteiger partial charge >= 0.3 is 0 Å². The zero-order chi connectivity index (χ0) is 12.8. The van der Waals surface area contributed by atoms with Gasteiger partial charge in [-0.15, -0.1) is 0 Å². The van der Waals surface area contributed by atoms with Crippen molar-refractivity contribution in [2.24, 2.45) is 11.7 Å². The van der Waals surface area contributed by atoms with Crippen molar-refractivity contribution in [2.45, 2.75) is 32.9 Å². The van der Waals surface area contributed by atoms with E-state index in [1.807, 2.05) is 6.08 Å². The molecule has 96 valence electrons. The predicted molar refractivity (Wildman–Crippen MR) is 72.8 cm³/mol. The van der Waals surface area contributed by atoms with Gasteiger partial charge in [-0.2, -0.15) is 0 Å². The van der Waals surface area contributed by atoms with Crippen molar-refractivity contribution in [1.29, 1.82) is 5.41 Å². The lowest BCUT2D eigenvalue weighted by Crippen LogP contribution is -2.43. The predicted octanol–water partition coefficient (Wildman–Crippen LogP) is 1.66. The Morgan fingerprint density at radius 2 is 2.35 bits per heavy atom. The molecule has 1 unspecified atom stereocenters. The number of nitrogens with two attached hydrogens (primary N) is 1. The molecule has 1 aliphatic rings. The average molecular weight is 236 g/mol. The van der Waals surface area contributed by atoms with E-state index in [-0.39, 0.29) is 6.17 Å². The van der Waals surface area contributed by atoms with E-state index in [0.29, 0.717) is 5.92 Å². The van der Waals surface area contributed by atoms with Crippen LogP contribution in [0.4, 0.5) is 0 Å². The summed E-state index contributed by atoms with van der Waals surface area (Å²) >= 11 is 0. The maximum atomic E-state index is 7.25. The Bertz CT molecular complexity index is 319. The molecule has 0 aromatic heterocycles. The maximum Gasteiger partial charge on any atom is 0.0839 e. The first-order valence-electron chi connectivity index (χ1n) is 6.21. The van der Waals surface area contributed by atoms with Crippen LogP contribution in [0, 0.1) is 11.3 Å². The Kier molecular flexibility index (Phi) is 5.22. The molecule has 4 heteroatoms. The van der Waals surface area contributed by atoms with Gasteiger partial charge in [0.15, 0.2) is 0 Å². The molecular weight excluding hydrogens is 212 g/mol. The molecule has 0 aliphatic heterocycles. The lowest BCUT2D eigenvalue weighted by molar-refractivity contribution is 0.252. The Morgan fingerprint density at radius 3 is 2.88 bits per heavy atom. The van der Waals surface area contributed by atoms with Gasteiger partial charge in [-0.25, -0.2) is 0 Å². The topological polar surface area (TPSA) is 65.1 Å². The van der Waals surface area contributed by atoms with Crippen LogP contribution in [0.15, 0.2) is 23.5 Å². The van der Waals surface area contributed by atoms with Crippen LogP contribution in [-0.2, 0) is 0 Å². The summed E-state index contributed by atoms with van der Waals surface area (Å²) in [6.07, 6.45) is 7.43. The highest BCUT2D eigenvalue weighted by atomic mass is 15.3. The van der Waals surface area contributed by atoms with E-state index in [9.17, 15) is 0 Å². The van der Waals surface area contributed by atoms with Crippen LogP contribution >= 0.6 is 0 Å². The smallest absolute Gasteiger partial charge is 0.0839 e. The molecule has 0 spiro atoms. The highest BCUT2D eigenvalue weighted by Crippen LogP contribution is 2.24. The van der Waals surface area contributed by atoms with Crippen LogP contribution in [0.1, 0.15) is 26.7 Å². The van der Waals surface area contributed by atoms with Gasteiger partial charge < -0.3 is 16.0 Å². The summed E-state index contributed by atoms with van der Waals surface area (Å²) in [6, 6.07) is 0. The number of rotatable bonds is 6. The molecular formula is C13H24N4. The standard InChI is InChI=1S/C13H24N4/c1-4-16-13(7-8-14)17(3)11-5-6-12(15)10(2)9-11/h5-6,8,10,13-14,16H,4,7,9,15H2,1-3H3/t10-,13?/m0/s1. The van der Waals surface area contributed by atoms with Gasteiger partial charge in [0.05, 0.1) is 6.17 Å². The third-order valence-electron chi connectivity index (χ3n) is 3.25. The molecule has 4 N–H and O–H groups in total. The summed E-state index contributed by atoms with van der Waals surface area (Å²) < 4.78 is 0. The normalized spacial score (nSPS) is 21.5. The highest BCUT2D eigenvalue weighted by molar-refractivity contribution is 5.53. The summed E-state index contributed by atoms with van der Waals surface area (Å²) in [5.41, 5.74) is 8.11. The molecule has 1 rings (SSSR count). The third-order valence-corrected chi connectivity index (χ3v) is 3.25. The number of allylic oxidation sites excluding steroid dienone is 4. The van der Waals surface area contributed by atoms with Gasteiger partial charge in [0.1, 0.15) is 0 Å². The average Bonchev–Trinajstić information content (AvgIpc) is 2.31. The van der Waals surface area contributed by atoms with Crippen molar-refractivity contribution in [2.75, 3.05) is 13.6 Å². The third kappa shape index (κ3) is 3.60. The Balaban J connectivity index is 2.73. The molecule has 0 saturated carbocycles. The molecule has 0 saturated heterocycles. The first kappa shape index (κ1) is 13.8. The molecule has 0 aromatic carbocycles. The van der Waals surface area contributed by atoms with Crippen molar-refractivity contribution in [3.8, 4) is 0 Å². The zero-order valence-corrected chi connectivity index (χ0v) is 11.0. The van der Waals surface area contributed by atoms with Crippen molar-refractivity contribution >= 4 is 6.21 Å². The van der Waals surface area contributed by atoms with Crippen molar-refractivity contribution in [3.63, 3.8) is 0 Å². The van der Waals surface area contributed by atoms with Crippen molar-refractivity contribution in [3.05, 3.63) is 23.5 Å².